The molecule has 0 spiro atoms. The zero-order valence-corrected chi connectivity index (χ0v) is 18.8. The molecule has 8 heteroatoms. The molecule has 0 bridgehead atoms. The van der Waals surface area contributed by atoms with Crippen molar-refractivity contribution >= 4 is 17.8 Å². The Morgan fingerprint density at radius 2 is 1.71 bits per heavy atom. The van der Waals surface area contributed by atoms with Crippen LogP contribution in [-0.4, -0.2) is 71.4 Å². The van der Waals surface area contributed by atoms with Crippen LogP contribution in [0.3, 0.4) is 0 Å². The Kier molecular flexibility index (Phi) is 6.90. The van der Waals surface area contributed by atoms with Crippen LogP contribution in [0.15, 0.2) is 36.7 Å². The molecule has 0 radical (unpaired) electrons. The highest BCUT2D eigenvalue weighted by atomic mass is 16.2. The van der Waals surface area contributed by atoms with Crippen molar-refractivity contribution in [1.29, 1.82) is 0 Å². The highest BCUT2D eigenvalue weighted by Crippen LogP contribution is 2.23. The first kappa shape index (κ1) is 22.7. The second kappa shape index (κ2) is 9.43. The van der Waals surface area contributed by atoms with Crippen LogP contribution in [0.5, 0.6) is 0 Å². The van der Waals surface area contributed by atoms with E-state index in [9.17, 15) is 9.59 Å². The Morgan fingerprint density at radius 1 is 1.06 bits per heavy atom. The van der Waals surface area contributed by atoms with E-state index in [0.29, 0.717) is 25.6 Å². The molecule has 1 fully saturated rings. The molecular weight excluding hydrogens is 392 g/mol. The third-order valence-corrected chi connectivity index (χ3v) is 5.41. The molecule has 1 aliphatic heterocycles. The summed E-state index contributed by atoms with van der Waals surface area (Å²) in [5.41, 5.74) is 8.01. The number of aromatic nitrogens is 2. The lowest BCUT2D eigenvalue weighted by Crippen LogP contribution is -2.52. The summed E-state index contributed by atoms with van der Waals surface area (Å²) in [6, 6.07) is 7.99. The van der Waals surface area contributed by atoms with E-state index in [1.54, 1.807) is 11.9 Å². The van der Waals surface area contributed by atoms with Crippen LogP contribution in [0.1, 0.15) is 26.3 Å². The van der Waals surface area contributed by atoms with Crippen LogP contribution in [0.4, 0.5) is 5.95 Å². The third-order valence-electron chi connectivity index (χ3n) is 5.41. The third kappa shape index (κ3) is 5.58. The molecule has 2 aromatic rings. The molecule has 1 saturated heterocycles. The number of nitrogens with zero attached hydrogens (tertiary/aromatic N) is 5. The predicted molar refractivity (Wildman–Crippen MR) is 121 cm³/mol. The van der Waals surface area contributed by atoms with Gasteiger partial charge in [-0.3, -0.25) is 9.59 Å². The molecule has 1 aromatic heterocycles. The molecule has 3 rings (SSSR count). The molecule has 0 atom stereocenters. The number of carbonyl (C=O) groups excluding carboxylic acids is 2. The lowest BCUT2D eigenvalue weighted by atomic mass is 9.94. The molecule has 8 nitrogen and oxygen atoms in total. The van der Waals surface area contributed by atoms with Gasteiger partial charge < -0.3 is 20.4 Å². The zero-order valence-electron chi connectivity index (χ0n) is 18.8. The largest absolute Gasteiger partial charge is 0.340 e. The lowest BCUT2D eigenvalue weighted by Gasteiger charge is -2.37. The summed E-state index contributed by atoms with van der Waals surface area (Å²) >= 11 is 0. The molecule has 31 heavy (non-hydrogen) atoms. The van der Waals surface area contributed by atoms with E-state index in [1.807, 2.05) is 62.3 Å². The van der Waals surface area contributed by atoms with Crippen molar-refractivity contribution in [2.45, 2.75) is 27.3 Å². The number of anilines is 1. The van der Waals surface area contributed by atoms with Crippen molar-refractivity contribution in [3.63, 3.8) is 0 Å². The molecule has 0 saturated carbocycles. The summed E-state index contributed by atoms with van der Waals surface area (Å²) in [7, 11) is 1.74. The molecule has 0 aliphatic carbocycles. The number of benzene rings is 1. The number of amides is 2. The maximum atomic E-state index is 12.5. The van der Waals surface area contributed by atoms with Gasteiger partial charge in [-0.2, -0.15) is 0 Å². The summed E-state index contributed by atoms with van der Waals surface area (Å²) in [5.74, 6) is 0.764. The minimum Gasteiger partial charge on any atom is -0.340 e. The van der Waals surface area contributed by atoms with Gasteiger partial charge in [0.25, 0.3) is 0 Å². The fraction of sp³-hybridized carbons (Fsp3) is 0.478. The summed E-state index contributed by atoms with van der Waals surface area (Å²) < 4.78 is 0. The van der Waals surface area contributed by atoms with Gasteiger partial charge in [-0.25, -0.2) is 9.97 Å². The highest BCUT2D eigenvalue weighted by molar-refractivity contribution is 5.81. The van der Waals surface area contributed by atoms with E-state index < -0.39 is 0 Å². The van der Waals surface area contributed by atoms with Crippen molar-refractivity contribution in [3.8, 4) is 11.1 Å². The van der Waals surface area contributed by atoms with Gasteiger partial charge in [0.05, 0.1) is 6.54 Å². The Balaban J connectivity index is 1.64. The average molecular weight is 425 g/mol. The number of likely N-dealkylation sites (N-methyl/N-ethyl adjacent to an activating group) is 1. The fourth-order valence-corrected chi connectivity index (χ4v) is 3.58. The highest BCUT2D eigenvalue weighted by Gasteiger charge is 2.30. The number of piperazine rings is 1. The molecule has 2 N–H and O–H groups in total. The van der Waals surface area contributed by atoms with E-state index in [1.165, 1.54) is 0 Å². The quantitative estimate of drug-likeness (QED) is 0.786. The van der Waals surface area contributed by atoms with Gasteiger partial charge in [-0.05, 0) is 17.2 Å². The summed E-state index contributed by atoms with van der Waals surface area (Å²) in [6.45, 7) is 9.16. The van der Waals surface area contributed by atoms with E-state index in [2.05, 4.69) is 14.9 Å². The van der Waals surface area contributed by atoms with Crippen molar-refractivity contribution in [2.75, 3.05) is 44.7 Å². The van der Waals surface area contributed by atoms with Crippen LogP contribution >= 0.6 is 0 Å². The second-order valence-electron chi connectivity index (χ2n) is 8.96. The molecule has 2 amide bonds. The summed E-state index contributed by atoms with van der Waals surface area (Å²) in [4.78, 5) is 38.9. The molecule has 1 aliphatic rings. The first-order chi connectivity index (χ1) is 14.7. The Morgan fingerprint density at radius 3 is 2.29 bits per heavy atom. The Bertz CT molecular complexity index is 914. The van der Waals surface area contributed by atoms with Crippen LogP contribution in [-0.2, 0) is 16.1 Å². The van der Waals surface area contributed by atoms with Crippen LogP contribution in [0.2, 0.25) is 0 Å². The number of hydrogen-bond donors (Lipinski definition) is 1. The number of rotatable bonds is 5. The molecule has 2 heterocycles. The van der Waals surface area contributed by atoms with Crippen molar-refractivity contribution in [3.05, 3.63) is 42.2 Å². The van der Waals surface area contributed by atoms with Crippen molar-refractivity contribution in [1.82, 2.24) is 19.8 Å². The monoisotopic (exact) mass is 424 g/mol. The molecule has 1 aromatic carbocycles. The van der Waals surface area contributed by atoms with Gasteiger partial charge in [0.1, 0.15) is 0 Å². The minimum absolute atomic E-state index is 0.00409. The Labute approximate surface area is 184 Å². The topological polar surface area (TPSA) is 95.7 Å². The van der Waals surface area contributed by atoms with E-state index >= 15 is 0 Å². The van der Waals surface area contributed by atoms with Gasteiger partial charge in [-0.15, -0.1) is 0 Å². The first-order valence-electron chi connectivity index (χ1n) is 10.6. The van der Waals surface area contributed by atoms with Gasteiger partial charge in [-0.1, -0.05) is 39.0 Å². The molecular formula is C23H32N6O2. The van der Waals surface area contributed by atoms with E-state index in [4.69, 9.17) is 5.73 Å². The number of hydrogen-bond acceptors (Lipinski definition) is 6. The van der Waals surface area contributed by atoms with Crippen LogP contribution in [0, 0.1) is 5.41 Å². The smallest absolute Gasteiger partial charge is 0.236 e. The Hall–Kier alpha value is -3.00. The van der Waals surface area contributed by atoms with Gasteiger partial charge in [0.2, 0.25) is 17.8 Å². The standard InChI is InChI=1S/C23H32N6O2/c1-23(2,3)21(31)28-8-10-29(11-9-28)22-25-14-19(15-26-22)18-7-5-6-17(12-18)16-27(4)20(30)13-24/h5-7,12,14-15H,8-11,13,16,24H2,1-4H3. The van der Waals surface area contributed by atoms with Crippen LogP contribution in [0.25, 0.3) is 11.1 Å². The van der Waals surface area contributed by atoms with Crippen LogP contribution < -0.4 is 10.6 Å². The molecule has 166 valence electrons. The number of carbonyl (C=O) groups is 2. The van der Waals surface area contributed by atoms with Gasteiger partial charge in [0.15, 0.2) is 0 Å². The fourth-order valence-electron chi connectivity index (χ4n) is 3.58. The average Bonchev–Trinajstić information content (AvgIpc) is 2.77. The predicted octanol–water partition coefficient (Wildman–Crippen LogP) is 1.76. The first-order valence-corrected chi connectivity index (χ1v) is 10.6. The number of nitrogens with two attached hydrogens (primary N) is 1. The SMILES string of the molecule is CN(Cc1cccc(-c2cnc(N3CCN(C(=O)C(C)(C)C)CC3)nc2)c1)C(=O)CN. The van der Waals surface area contributed by atoms with E-state index in [-0.39, 0.29) is 23.8 Å². The summed E-state index contributed by atoms with van der Waals surface area (Å²) in [6.07, 6.45) is 3.64. The van der Waals surface area contributed by atoms with E-state index in [0.717, 1.165) is 29.8 Å². The molecule has 0 unspecified atom stereocenters. The normalized spacial score (nSPS) is 14.5. The van der Waals surface area contributed by atoms with Gasteiger partial charge in [0, 0.05) is 63.1 Å². The van der Waals surface area contributed by atoms with Crippen molar-refractivity contribution < 1.29 is 9.59 Å². The van der Waals surface area contributed by atoms with Crippen molar-refractivity contribution in [2.24, 2.45) is 11.1 Å². The maximum Gasteiger partial charge on any atom is 0.236 e. The van der Waals surface area contributed by atoms with Gasteiger partial charge >= 0.3 is 0 Å². The maximum absolute atomic E-state index is 12.5. The lowest BCUT2D eigenvalue weighted by molar-refractivity contribution is -0.139. The second-order valence-corrected chi connectivity index (χ2v) is 8.96. The zero-order chi connectivity index (χ0) is 22.6. The summed E-state index contributed by atoms with van der Waals surface area (Å²) in [5, 5.41) is 0. The minimum atomic E-state index is -0.360.